The second-order valence-corrected chi connectivity index (χ2v) is 5.44. The molecule has 3 rings (SSSR count). The molecule has 0 radical (unpaired) electrons. The van der Waals surface area contributed by atoms with Crippen LogP contribution in [0.25, 0.3) is 0 Å². The molecule has 1 saturated carbocycles. The van der Waals surface area contributed by atoms with E-state index in [1.807, 2.05) is 0 Å². The maximum atomic E-state index is 12.0. The smallest absolute Gasteiger partial charge is 0.273 e. The molecule has 5 nitrogen and oxygen atoms in total. The van der Waals surface area contributed by atoms with Crippen LogP contribution in [0.3, 0.4) is 0 Å². The zero-order valence-corrected chi connectivity index (χ0v) is 10.6. The van der Waals surface area contributed by atoms with Crippen LogP contribution in [-0.2, 0) is 0 Å². The zero-order valence-electron chi connectivity index (χ0n) is 10.6. The van der Waals surface area contributed by atoms with Crippen LogP contribution in [0.15, 0.2) is 10.6 Å². The summed E-state index contributed by atoms with van der Waals surface area (Å²) in [7, 11) is 0. The molecule has 1 aliphatic heterocycles. The summed E-state index contributed by atoms with van der Waals surface area (Å²) in [5.74, 6) is 1.25. The number of amides is 1. The highest BCUT2D eigenvalue weighted by molar-refractivity contribution is 5.92. The molecular formula is C13H19N3O2. The minimum atomic E-state index is -0.107. The number of carbonyl (C=O) groups excluding carboxylic acids is 1. The van der Waals surface area contributed by atoms with Crippen LogP contribution in [0.1, 0.15) is 54.8 Å². The fraction of sp³-hybridized carbons (Fsp3) is 0.692. The van der Waals surface area contributed by atoms with Gasteiger partial charge in [-0.15, -0.1) is 0 Å². The first-order valence-corrected chi connectivity index (χ1v) is 6.73. The predicted octanol–water partition coefficient (Wildman–Crippen LogP) is 1.42. The number of nitrogens with zero attached hydrogens (tertiary/aromatic N) is 1. The van der Waals surface area contributed by atoms with Gasteiger partial charge in [0.1, 0.15) is 5.76 Å². The molecule has 2 aliphatic rings. The Labute approximate surface area is 106 Å². The number of hydrogen-bond acceptors (Lipinski definition) is 4. The third-order valence-electron chi connectivity index (χ3n) is 3.70. The van der Waals surface area contributed by atoms with E-state index < -0.39 is 0 Å². The van der Waals surface area contributed by atoms with Crippen LogP contribution >= 0.6 is 0 Å². The Morgan fingerprint density at radius 3 is 3.06 bits per heavy atom. The fourth-order valence-corrected chi connectivity index (χ4v) is 2.48. The van der Waals surface area contributed by atoms with Crippen molar-refractivity contribution >= 4 is 5.91 Å². The Morgan fingerprint density at radius 2 is 2.33 bits per heavy atom. The minimum Gasteiger partial charge on any atom is -0.360 e. The largest absolute Gasteiger partial charge is 0.360 e. The SMILES string of the molecule is C[C@@H]1C[C@H](NC(=O)c2cc(C3CC3)on2)CCN1. The summed E-state index contributed by atoms with van der Waals surface area (Å²) in [6.45, 7) is 3.10. The molecule has 1 saturated heterocycles. The van der Waals surface area contributed by atoms with Crippen molar-refractivity contribution in [3.05, 3.63) is 17.5 Å². The van der Waals surface area contributed by atoms with Gasteiger partial charge in [0, 0.05) is 24.1 Å². The number of piperidine rings is 1. The first kappa shape index (κ1) is 11.7. The van der Waals surface area contributed by atoms with Crippen molar-refractivity contribution in [1.29, 1.82) is 0 Å². The molecule has 2 N–H and O–H groups in total. The maximum absolute atomic E-state index is 12.0. The van der Waals surface area contributed by atoms with Gasteiger partial charge in [-0.05, 0) is 39.2 Å². The second-order valence-electron chi connectivity index (χ2n) is 5.44. The van der Waals surface area contributed by atoms with E-state index in [1.54, 1.807) is 6.07 Å². The molecule has 0 spiro atoms. The van der Waals surface area contributed by atoms with E-state index in [4.69, 9.17) is 4.52 Å². The summed E-state index contributed by atoms with van der Waals surface area (Å²) in [5.41, 5.74) is 0.420. The lowest BCUT2D eigenvalue weighted by Crippen LogP contribution is -2.46. The number of hydrogen-bond donors (Lipinski definition) is 2. The monoisotopic (exact) mass is 249 g/mol. The standard InChI is InChI=1S/C13H19N3O2/c1-8-6-10(4-5-14-8)15-13(17)11-7-12(18-16-11)9-2-3-9/h7-10,14H,2-6H2,1H3,(H,15,17)/t8-,10-/m1/s1. The molecule has 2 atom stereocenters. The van der Waals surface area contributed by atoms with Gasteiger partial charge >= 0.3 is 0 Å². The molecule has 0 aromatic carbocycles. The Bertz CT molecular complexity index is 439. The molecule has 98 valence electrons. The first-order valence-electron chi connectivity index (χ1n) is 6.73. The number of aromatic nitrogens is 1. The van der Waals surface area contributed by atoms with Crippen molar-refractivity contribution in [2.24, 2.45) is 0 Å². The van der Waals surface area contributed by atoms with Gasteiger partial charge in [0.2, 0.25) is 0 Å². The highest BCUT2D eigenvalue weighted by Gasteiger charge is 2.29. The van der Waals surface area contributed by atoms with E-state index in [0.29, 0.717) is 17.7 Å². The summed E-state index contributed by atoms with van der Waals surface area (Å²) >= 11 is 0. The van der Waals surface area contributed by atoms with E-state index >= 15 is 0 Å². The Morgan fingerprint density at radius 1 is 1.50 bits per heavy atom. The van der Waals surface area contributed by atoms with Gasteiger partial charge in [-0.3, -0.25) is 4.79 Å². The van der Waals surface area contributed by atoms with E-state index in [9.17, 15) is 4.79 Å². The molecule has 1 aromatic rings. The molecule has 5 heteroatoms. The third-order valence-corrected chi connectivity index (χ3v) is 3.70. The minimum absolute atomic E-state index is 0.107. The molecule has 0 bridgehead atoms. The third kappa shape index (κ3) is 2.56. The van der Waals surface area contributed by atoms with Gasteiger partial charge in [-0.25, -0.2) is 0 Å². The number of carbonyl (C=O) groups is 1. The average Bonchev–Trinajstić information content (AvgIpc) is 3.07. The summed E-state index contributed by atoms with van der Waals surface area (Å²) in [5, 5.41) is 10.3. The van der Waals surface area contributed by atoms with Crippen LogP contribution in [0.5, 0.6) is 0 Å². The normalized spacial score (nSPS) is 28.1. The van der Waals surface area contributed by atoms with Gasteiger partial charge in [-0.1, -0.05) is 5.16 Å². The number of rotatable bonds is 3. The van der Waals surface area contributed by atoms with E-state index in [-0.39, 0.29) is 11.9 Å². The lowest BCUT2D eigenvalue weighted by atomic mass is 10.0. The first-order chi connectivity index (χ1) is 8.72. The van der Waals surface area contributed by atoms with Gasteiger partial charge in [0.05, 0.1) is 0 Å². The van der Waals surface area contributed by atoms with Crippen LogP contribution in [0.4, 0.5) is 0 Å². The molecule has 0 unspecified atom stereocenters. The van der Waals surface area contributed by atoms with Crippen LogP contribution in [0.2, 0.25) is 0 Å². The molecule has 1 aliphatic carbocycles. The molecule has 2 fully saturated rings. The average molecular weight is 249 g/mol. The van der Waals surface area contributed by atoms with Crippen molar-refractivity contribution in [1.82, 2.24) is 15.8 Å². The molecule has 18 heavy (non-hydrogen) atoms. The van der Waals surface area contributed by atoms with E-state index in [2.05, 4.69) is 22.7 Å². The van der Waals surface area contributed by atoms with Crippen LogP contribution in [-0.4, -0.2) is 29.7 Å². The van der Waals surface area contributed by atoms with E-state index in [1.165, 1.54) is 0 Å². The topological polar surface area (TPSA) is 67.2 Å². The molecule has 2 heterocycles. The summed E-state index contributed by atoms with van der Waals surface area (Å²) < 4.78 is 5.20. The maximum Gasteiger partial charge on any atom is 0.273 e. The van der Waals surface area contributed by atoms with Crippen LogP contribution < -0.4 is 10.6 Å². The van der Waals surface area contributed by atoms with Gasteiger partial charge in [0.25, 0.3) is 5.91 Å². The van der Waals surface area contributed by atoms with Crippen molar-refractivity contribution in [2.45, 2.75) is 50.6 Å². The molecule has 1 amide bonds. The summed E-state index contributed by atoms with van der Waals surface area (Å²) in [6, 6.07) is 2.50. The second kappa shape index (κ2) is 4.72. The highest BCUT2D eigenvalue weighted by atomic mass is 16.5. The van der Waals surface area contributed by atoms with Gasteiger partial charge in [-0.2, -0.15) is 0 Å². The van der Waals surface area contributed by atoms with Crippen molar-refractivity contribution in [2.75, 3.05) is 6.54 Å². The quantitative estimate of drug-likeness (QED) is 0.850. The zero-order chi connectivity index (χ0) is 12.5. The highest BCUT2D eigenvalue weighted by Crippen LogP contribution is 2.40. The van der Waals surface area contributed by atoms with Crippen molar-refractivity contribution in [3.8, 4) is 0 Å². The van der Waals surface area contributed by atoms with Crippen LogP contribution in [0, 0.1) is 0 Å². The fourth-order valence-electron chi connectivity index (χ4n) is 2.48. The van der Waals surface area contributed by atoms with Gasteiger partial charge in [0.15, 0.2) is 5.69 Å². The predicted molar refractivity (Wildman–Crippen MR) is 66.4 cm³/mol. The van der Waals surface area contributed by atoms with E-state index in [0.717, 1.165) is 38.0 Å². The Kier molecular flexibility index (Phi) is 3.07. The molecule has 1 aromatic heterocycles. The van der Waals surface area contributed by atoms with Gasteiger partial charge < -0.3 is 15.2 Å². The lowest BCUT2D eigenvalue weighted by Gasteiger charge is -2.28. The van der Waals surface area contributed by atoms with Crippen molar-refractivity contribution < 1.29 is 9.32 Å². The summed E-state index contributed by atoms with van der Waals surface area (Å²) in [6.07, 6.45) is 4.26. The lowest BCUT2D eigenvalue weighted by molar-refractivity contribution is 0.0916. The Hall–Kier alpha value is -1.36. The molecular weight excluding hydrogens is 230 g/mol. The van der Waals surface area contributed by atoms with Crippen molar-refractivity contribution in [3.63, 3.8) is 0 Å². The number of nitrogens with one attached hydrogen (secondary N) is 2. The summed E-state index contributed by atoms with van der Waals surface area (Å²) in [4.78, 5) is 12.0. The Balaban J connectivity index is 1.59.